The topological polar surface area (TPSA) is 12.2 Å². The van der Waals surface area contributed by atoms with Gasteiger partial charge >= 0.3 is 0 Å². The predicted octanol–water partition coefficient (Wildman–Crippen LogP) is 10.5. The van der Waals surface area contributed by atoms with Gasteiger partial charge in [0.25, 0.3) is 0 Å². The first-order chi connectivity index (χ1) is 24.3. The van der Waals surface area contributed by atoms with Crippen LogP contribution in [0.3, 0.4) is 0 Å². The standard InChI is InChI=1S/C45H29N3S/c1-2-35-41-29-16-4-3-13-26(29)36-17-10-12-22-47(36)43(41)32-25-39-34(23-30(32)37-18-9-11-21-46(35)37)42-44-31(27-14-5-7-19-38(27)48(39)44)24-33-28-15-6-8-20-40(28)49-45(33)42/h2-25,35,41,43H,1H2/q+2. The lowest BCUT2D eigenvalue weighted by molar-refractivity contribution is -0.739. The maximum atomic E-state index is 4.48. The van der Waals surface area contributed by atoms with E-state index >= 15 is 0 Å². The van der Waals surface area contributed by atoms with Gasteiger partial charge < -0.3 is 4.40 Å². The van der Waals surface area contributed by atoms with Crippen LogP contribution in [0, 0.1) is 0 Å². The van der Waals surface area contributed by atoms with E-state index in [4.69, 9.17) is 0 Å². The van der Waals surface area contributed by atoms with E-state index in [1.54, 1.807) is 0 Å². The number of aromatic nitrogens is 3. The Kier molecular flexibility index (Phi) is 4.90. The van der Waals surface area contributed by atoms with Gasteiger partial charge in [0.05, 0.1) is 27.7 Å². The number of hydrogen-bond donors (Lipinski definition) is 0. The van der Waals surface area contributed by atoms with E-state index in [0.29, 0.717) is 0 Å². The second kappa shape index (κ2) is 9.19. The van der Waals surface area contributed by atoms with Crippen molar-refractivity contribution < 1.29 is 9.13 Å². The van der Waals surface area contributed by atoms with Gasteiger partial charge in [-0.1, -0.05) is 61.2 Å². The minimum atomic E-state index is 0.0613. The molecule has 10 aromatic rings. The summed E-state index contributed by atoms with van der Waals surface area (Å²) in [6.45, 7) is 4.48. The van der Waals surface area contributed by atoms with E-state index in [1.165, 1.54) is 91.9 Å². The smallest absolute Gasteiger partial charge is 0.213 e. The zero-order valence-corrected chi connectivity index (χ0v) is 27.4. The maximum absolute atomic E-state index is 4.48. The molecule has 3 nitrogen and oxygen atoms in total. The quantitative estimate of drug-likeness (QED) is 0.125. The Morgan fingerprint density at radius 2 is 1.33 bits per heavy atom. The van der Waals surface area contributed by atoms with Crippen LogP contribution in [0.4, 0.5) is 0 Å². The van der Waals surface area contributed by atoms with Crippen LogP contribution in [0.2, 0.25) is 0 Å². The Morgan fingerprint density at radius 3 is 2.20 bits per heavy atom. The highest BCUT2D eigenvalue weighted by atomic mass is 32.1. The fourth-order valence-electron chi connectivity index (χ4n) is 9.64. The predicted molar refractivity (Wildman–Crippen MR) is 202 cm³/mol. The molecule has 7 heterocycles. The first-order valence-electron chi connectivity index (χ1n) is 17.1. The Hall–Kier alpha value is -5.84. The van der Waals surface area contributed by atoms with Crippen molar-refractivity contribution >= 4 is 69.6 Å². The summed E-state index contributed by atoms with van der Waals surface area (Å²) in [6, 6.07) is 47.9. The van der Waals surface area contributed by atoms with Gasteiger partial charge in [-0.25, -0.2) is 0 Å². The van der Waals surface area contributed by atoms with Crippen LogP contribution in [-0.4, -0.2) is 4.40 Å². The monoisotopic (exact) mass is 643 g/mol. The Balaban J connectivity index is 1.31. The zero-order chi connectivity index (χ0) is 32.0. The number of allylic oxidation sites excluding steroid dienone is 1. The number of hydrogen-bond acceptors (Lipinski definition) is 1. The summed E-state index contributed by atoms with van der Waals surface area (Å²) in [5.41, 5.74) is 11.7. The number of thiophene rings is 1. The molecule has 0 amide bonds. The van der Waals surface area contributed by atoms with Gasteiger partial charge in [0.1, 0.15) is 5.92 Å². The highest BCUT2D eigenvalue weighted by Gasteiger charge is 2.51. The summed E-state index contributed by atoms with van der Waals surface area (Å²) in [7, 11) is 0. The molecule has 228 valence electrons. The molecule has 0 bridgehead atoms. The highest BCUT2D eigenvalue weighted by Crippen LogP contribution is 2.53. The minimum absolute atomic E-state index is 0.0613. The molecule has 0 spiro atoms. The van der Waals surface area contributed by atoms with E-state index in [-0.39, 0.29) is 18.0 Å². The summed E-state index contributed by atoms with van der Waals surface area (Å²) >= 11 is 1.93. The zero-order valence-electron chi connectivity index (χ0n) is 26.5. The van der Waals surface area contributed by atoms with Crippen molar-refractivity contribution in [2.75, 3.05) is 0 Å². The summed E-state index contributed by atoms with van der Waals surface area (Å²) in [5.74, 6) is 0.151. The number of rotatable bonds is 1. The van der Waals surface area contributed by atoms with Crippen molar-refractivity contribution in [2.45, 2.75) is 18.0 Å². The summed E-state index contributed by atoms with van der Waals surface area (Å²) in [5, 5.41) is 8.02. The van der Waals surface area contributed by atoms with Crippen LogP contribution in [-0.2, 0) is 0 Å². The summed E-state index contributed by atoms with van der Waals surface area (Å²) < 4.78 is 10.3. The lowest BCUT2D eigenvalue weighted by Gasteiger charge is -2.31. The molecule has 0 fully saturated rings. The molecule has 0 N–H and O–H groups in total. The van der Waals surface area contributed by atoms with E-state index < -0.39 is 0 Å². The molecular weight excluding hydrogens is 615 g/mol. The van der Waals surface area contributed by atoms with Crippen LogP contribution in [0.25, 0.3) is 80.8 Å². The molecule has 4 heteroatoms. The molecule has 12 rings (SSSR count). The second-order valence-corrected chi connectivity index (χ2v) is 14.8. The Labute approximate surface area is 286 Å². The molecule has 0 aliphatic carbocycles. The fraction of sp³-hybridized carbons (Fsp3) is 0.0667. The normalized spacial score (nSPS) is 18.1. The van der Waals surface area contributed by atoms with Crippen LogP contribution < -0.4 is 9.13 Å². The third-order valence-corrected chi connectivity index (χ3v) is 12.7. The molecule has 3 atom stereocenters. The summed E-state index contributed by atoms with van der Waals surface area (Å²) in [4.78, 5) is 0. The van der Waals surface area contributed by atoms with Crippen LogP contribution >= 0.6 is 11.3 Å². The molecule has 49 heavy (non-hydrogen) atoms. The largest absolute Gasteiger partial charge is 0.308 e. The number of fused-ring (bicyclic) bond motifs is 20. The molecule has 0 saturated carbocycles. The van der Waals surface area contributed by atoms with Gasteiger partial charge in [-0.2, -0.15) is 9.13 Å². The van der Waals surface area contributed by atoms with Crippen LogP contribution in [0.1, 0.15) is 29.1 Å². The maximum Gasteiger partial charge on any atom is 0.213 e. The molecule has 5 aromatic heterocycles. The van der Waals surface area contributed by atoms with Crippen molar-refractivity contribution in [3.8, 4) is 22.5 Å². The fourth-order valence-corrected chi connectivity index (χ4v) is 10.9. The summed E-state index contributed by atoms with van der Waals surface area (Å²) in [6.07, 6.45) is 6.72. The third kappa shape index (κ3) is 3.14. The van der Waals surface area contributed by atoms with Gasteiger partial charge in [-0.3, -0.25) is 0 Å². The highest BCUT2D eigenvalue weighted by molar-refractivity contribution is 7.26. The molecule has 2 aliphatic rings. The lowest BCUT2D eigenvalue weighted by Crippen LogP contribution is -2.52. The van der Waals surface area contributed by atoms with Crippen LogP contribution in [0.5, 0.6) is 0 Å². The number of pyridine rings is 2. The number of para-hydroxylation sites is 1. The average Bonchev–Trinajstić information content (AvgIpc) is 3.78. The third-order valence-electron chi connectivity index (χ3n) is 11.5. The van der Waals surface area contributed by atoms with E-state index in [9.17, 15) is 0 Å². The number of benzene rings is 5. The number of nitrogens with zero attached hydrogens (tertiary/aromatic N) is 3. The molecule has 2 aliphatic heterocycles. The van der Waals surface area contributed by atoms with Crippen molar-refractivity contribution in [3.63, 3.8) is 0 Å². The lowest BCUT2D eigenvalue weighted by atomic mass is 9.76. The molecular formula is C45H29N3S+2. The molecule has 0 saturated heterocycles. The van der Waals surface area contributed by atoms with Crippen molar-refractivity contribution in [1.29, 1.82) is 0 Å². The molecule has 5 aromatic carbocycles. The van der Waals surface area contributed by atoms with Gasteiger partial charge in [0, 0.05) is 71.5 Å². The van der Waals surface area contributed by atoms with Gasteiger partial charge in [0.2, 0.25) is 11.4 Å². The SMILES string of the molecule is C=CC1C2c3ccccc3-c3cccc[n+]3C2c2cc3c(cc2-c2cccc[n+]21)c1c2sc4ccccc4c2cc2c4ccccc4n3c21. The van der Waals surface area contributed by atoms with E-state index in [2.05, 4.69) is 166 Å². The van der Waals surface area contributed by atoms with Crippen molar-refractivity contribution in [3.05, 3.63) is 164 Å². The molecule has 3 unspecified atom stereocenters. The average molecular weight is 644 g/mol. The van der Waals surface area contributed by atoms with E-state index in [0.717, 1.165) is 0 Å². The molecule has 0 radical (unpaired) electrons. The first-order valence-corrected chi connectivity index (χ1v) is 17.9. The van der Waals surface area contributed by atoms with Crippen LogP contribution in [0.15, 0.2) is 152 Å². The minimum Gasteiger partial charge on any atom is -0.308 e. The van der Waals surface area contributed by atoms with Gasteiger partial charge in [-0.15, -0.1) is 11.3 Å². The van der Waals surface area contributed by atoms with Gasteiger partial charge in [0.15, 0.2) is 24.5 Å². The van der Waals surface area contributed by atoms with Gasteiger partial charge in [-0.05, 0) is 60.2 Å². The van der Waals surface area contributed by atoms with Crippen molar-refractivity contribution in [1.82, 2.24) is 4.40 Å². The van der Waals surface area contributed by atoms with E-state index in [1.807, 2.05) is 11.3 Å². The first kappa shape index (κ1) is 26.2. The Bertz CT molecular complexity index is 3050. The Morgan fingerprint density at radius 1 is 0.592 bits per heavy atom. The second-order valence-electron chi connectivity index (χ2n) is 13.7. The van der Waals surface area contributed by atoms with Crippen molar-refractivity contribution in [2.24, 2.45) is 0 Å².